The highest BCUT2D eigenvalue weighted by molar-refractivity contribution is 5.82. The van der Waals surface area contributed by atoms with Crippen LogP contribution >= 0.6 is 0 Å². The Hall–Kier alpha value is -2.40. The maximum Gasteiger partial charge on any atom is 0.253 e. The number of aromatic nitrogens is 1. The Bertz CT molecular complexity index is 640. The molecule has 1 amide bonds. The van der Waals surface area contributed by atoms with E-state index in [0.717, 1.165) is 25.7 Å². The van der Waals surface area contributed by atoms with Crippen LogP contribution in [-0.2, 0) is 4.79 Å². The van der Waals surface area contributed by atoms with Crippen LogP contribution in [0.2, 0.25) is 0 Å². The summed E-state index contributed by atoms with van der Waals surface area (Å²) >= 11 is 0. The summed E-state index contributed by atoms with van der Waals surface area (Å²) in [5.41, 5.74) is 0.613. The molecule has 0 spiro atoms. The second kappa shape index (κ2) is 7.93. The van der Waals surface area contributed by atoms with Gasteiger partial charge in [0.25, 0.3) is 5.91 Å². The highest BCUT2D eigenvalue weighted by atomic mass is 16.5. The minimum absolute atomic E-state index is 0.0828. The van der Waals surface area contributed by atoms with Gasteiger partial charge in [-0.15, -0.1) is 0 Å². The number of nitrogens with zero attached hydrogens (tertiary/aromatic N) is 1. The average molecular weight is 326 g/mol. The lowest BCUT2D eigenvalue weighted by Crippen LogP contribution is -2.41. The predicted octanol–water partition coefficient (Wildman–Crippen LogP) is 2.62. The maximum absolute atomic E-state index is 12.2. The molecule has 1 saturated carbocycles. The van der Waals surface area contributed by atoms with Crippen LogP contribution in [0.5, 0.6) is 5.88 Å². The van der Waals surface area contributed by atoms with E-state index < -0.39 is 6.10 Å². The van der Waals surface area contributed by atoms with Gasteiger partial charge in [-0.05, 0) is 37.3 Å². The number of pyridine rings is 1. The van der Waals surface area contributed by atoms with Crippen molar-refractivity contribution in [3.63, 3.8) is 0 Å². The van der Waals surface area contributed by atoms with Crippen molar-refractivity contribution in [1.29, 1.82) is 0 Å². The number of aliphatic hydroxyl groups is 1. The molecule has 1 aromatic heterocycles. The normalized spacial score (nSPS) is 21.7. The molecule has 2 N–H and O–H groups in total. The Morgan fingerprint density at radius 2 is 1.79 bits per heavy atom. The lowest BCUT2D eigenvalue weighted by atomic mass is 9.92. The third kappa shape index (κ3) is 4.32. The molecule has 126 valence electrons. The molecule has 0 saturated heterocycles. The minimum atomic E-state index is -1.12. The van der Waals surface area contributed by atoms with Crippen molar-refractivity contribution in [3.8, 4) is 5.88 Å². The summed E-state index contributed by atoms with van der Waals surface area (Å²) in [7, 11) is 0. The second-order valence-corrected chi connectivity index (χ2v) is 6.08. The zero-order chi connectivity index (χ0) is 16.8. The molecule has 1 atom stereocenters. The third-order valence-corrected chi connectivity index (χ3v) is 4.31. The number of ether oxygens (including phenoxy) is 1. The number of carbonyl (C=O) groups excluding carboxylic acids is 1. The van der Waals surface area contributed by atoms with Gasteiger partial charge in [-0.3, -0.25) is 4.79 Å². The topological polar surface area (TPSA) is 71.5 Å². The smallest absolute Gasteiger partial charge is 0.253 e. The zero-order valence-corrected chi connectivity index (χ0v) is 13.5. The van der Waals surface area contributed by atoms with E-state index in [1.165, 1.54) is 0 Å². The molecule has 1 fully saturated rings. The Labute approximate surface area is 141 Å². The lowest BCUT2D eigenvalue weighted by Gasteiger charge is -2.29. The molecule has 1 aliphatic carbocycles. The molecular weight excluding hydrogens is 304 g/mol. The monoisotopic (exact) mass is 326 g/mol. The van der Waals surface area contributed by atoms with Crippen molar-refractivity contribution in [1.82, 2.24) is 10.3 Å². The van der Waals surface area contributed by atoms with Crippen molar-refractivity contribution in [2.45, 2.75) is 43.9 Å². The summed E-state index contributed by atoms with van der Waals surface area (Å²) < 4.78 is 5.85. The molecule has 0 radical (unpaired) electrons. The van der Waals surface area contributed by atoms with E-state index in [2.05, 4.69) is 10.3 Å². The fourth-order valence-electron chi connectivity index (χ4n) is 2.98. The number of amides is 1. The molecule has 0 unspecified atom stereocenters. The number of benzene rings is 1. The summed E-state index contributed by atoms with van der Waals surface area (Å²) in [6.07, 6.45) is 4.13. The van der Waals surface area contributed by atoms with E-state index in [0.29, 0.717) is 11.4 Å². The van der Waals surface area contributed by atoms with Gasteiger partial charge in [0, 0.05) is 18.3 Å². The second-order valence-electron chi connectivity index (χ2n) is 6.08. The van der Waals surface area contributed by atoms with E-state index in [1.807, 2.05) is 36.4 Å². The Morgan fingerprint density at radius 3 is 2.46 bits per heavy atom. The molecule has 0 bridgehead atoms. The Balaban J connectivity index is 1.46. The molecular formula is C19H22N2O3. The van der Waals surface area contributed by atoms with Gasteiger partial charge in [-0.25, -0.2) is 4.98 Å². The molecule has 1 heterocycles. The van der Waals surface area contributed by atoms with E-state index in [9.17, 15) is 9.90 Å². The Morgan fingerprint density at radius 1 is 1.08 bits per heavy atom. The maximum atomic E-state index is 12.2. The van der Waals surface area contributed by atoms with Gasteiger partial charge >= 0.3 is 0 Å². The van der Waals surface area contributed by atoms with E-state index >= 15 is 0 Å². The first-order chi connectivity index (χ1) is 11.7. The van der Waals surface area contributed by atoms with Crippen LogP contribution in [-0.4, -0.2) is 28.1 Å². The summed E-state index contributed by atoms with van der Waals surface area (Å²) in [5, 5.41) is 13.1. The molecule has 0 aliphatic heterocycles. The van der Waals surface area contributed by atoms with Crippen LogP contribution < -0.4 is 10.1 Å². The standard InChI is InChI=1S/C19H22N2O3/c22-18(14-6-2-1-3-7-14)19(23)21-15-9-11-16(12-10-15)24-17-8-4-5-13-20-17/h1-8,13,15-16,18,22H,9-12H2,(H,21,23)/t15?,16?,18-/m0/s1. The first-order valence-electron chi connectivity index (χ1n) is 8.33. The van der Waals surface area contributed by atoms with Crippen molar-refractivity contribution >= 4 is 5.91 Å². The number of carbonyl (C=O) groups is 1. The van der Waals surface area contributed by atoms with Gasteiger partial charge < -0.3 is 15.2 Å². The molecule has 24 heavy (non-hydrogen) atoms. The molecule has 2 aromatic rings. The van der Waals surface area contributed by atoms with Crippen LogP contribution in [0.1, 0.15) is 37.4 Å². The lowest BCUT2D eigenvalue weighted by molar-refractivity contribution is -0.130. The van der Waals surface area contributed by atoms with Crippen LogP contribution in [0.25, 0.3) is 0 Å². The Kier molecular flexibility index (Phi) is 5.43. The molecule has 3 rings (SSSR count). The number of hydrogen-bond acceptors (Lipinski definition) is 4. The van der Waals surface area contributed by atoms with Gasteiger partial charge in [0.2, 0.25) is 5.88 Å². The summed E-state index contributed by atoms with van der Waals surface area (Å²) in [6, 6.07) is 14.7. The van der Waals surface area contributed by atoms with Gasteiger partial charge in [-0.2, -0.15) is 0 Å². The van der Waals surface area contributed by atoms with E-state index in [-0.39, 0.29) is 18.1 Å². The van der Waals surface area contributed by atoms with Gasteiger partial charge in [0.15, 0.2) is 6.10 Å². The summed E-state index contributed by atoms with van der Waals surface area (Å²) in [6.45, 7) is 0. The molecule has 1 aliphatic rings. The first-order valence-corrected chi connectivity index (χ1v) is 8.33. The largest absolute Gasteiger partial charge is 0.474 e. The van der Waals surface area contributed by atoms with Crippen molar-refractivity contribution in [3.05, 3.63) is 60.3 Å². The fourth-order valence-corrected chi connectivity index (χ4v) is 2.98. The van der Waals surface area contributed by atoms with Crippen LogP contribution in [0.4, 0.5) is 0 Å². The highest BCUT2D eigenvalue weighted by Crippen LogP contribution is 2.23. The zero-order valence-electron chi connectivity index (χ0n) is 13.5. The van der Waals surface area contributed by atoms with Crippen molar-refractivity contribution < 1.29 is 14.6 Å². The van der Waals surface area contributed by atoms with Gasteiger partial charge in [0.1, 0.15) is 6.10 Å². The summed E-state index contributed by atoms with van der Waals surface area (Å²) in [4.78, 5) is 16.4. The van der Waals surface area contributed by atoms with E-state index in [1.54, 1.807) is 18.3 Å². The molecule has 1 aromatic carbocycles. The molecule has 5 heteroatoms. The quantitative estimate of drug-likeness (QED) is 0.886. The number of nitrogens with one attached hydrogen (secondary N) is 1. The van der Waals surface area contributed by atoms with Crippen molar-refractivity contribution in [2.75, 3.05) is 0 Å². The predicted molar refractivity (Wildman–Crippen MR) is 90.5 cm³/mol. The van der Waals surface area contributed by atoms with Crippen molar-refractivity contribution in [2.24, 2.45) is 0 Å². The summed E-state index contributed by atoms with van der Waals surface area (Å²) in [5.74, 6) is 0.305. The minimum Gasteiger partial charge on any atom is -0.474 e. The van der Waals surface area contributed by atoms with Gasteiger partial charge in [-0.1, -0.05) is 36.4 Å². The highest BCUT2D eigenvalue weighted by Gasteiger charge is 2.26. The third-order valence-electron chi connectivity index (χ3n) is 4.31. The number of hydrogen-bond donors (Lipinski definition) is 2. The van der Waals surface area contributed by atoms with Crippen LogP contribution in [0.15, 0.2) is 54.7 Å². The number of rotatable bonds is 5. The van der Waals surface area contributed by atoms with E-state index in [4.69, 9.17) is 4.74 Å². The molecule has 5 nitrogen and oxygen atoms in total. The fraction of sp³-hybridized carbons (Fsp3) is 0.368. The van der Waals surface area contributed by atoms with Crippen LogP contribution in [0.3, 0.4) is 0 Å². The SMILES string of the molecule is O=C(NC1CCC(Oc2ccccn2)CC1)[C@@H](O)c1ccccc1. The first kappa shape index (κ1) is 16.5. The van der Waals surface area contributed by atoms with Gasteiger partial charge in [0.05, 0.1) is 0 Å². The average Bonchev–Trinajstić information content (AvgIpc) is 2.64. The number of aliphatic hydroxyl groups excluding tert-OH is 1. The van der Waals surface area contributed by atoms with Crippen LogP contribution in [0, 0.1) is 0 Å².